The van der Waals surface area contributed by atoms with Crippen LogP contribution in [0.3, 0.4) is 0 Å². The fourth-order valence-electron chi connectivity index (χ4n) is 2.36. The van der Waals surface area contributed by atoms with Gasteiger partial charge in [-0.15, -0.1) is 0 Å². The molecule has 0 saturated heterocycles. The molecule has 2 N–H and O–H groups in total. The van der Waals surface area contributed by atoms with Crippen molar-refractivity contribution in [3.63, 3.8) is 0 Å². The van der Waals surface area contributed by atoms with Gasteiger partial charge in [0, 0.05) is 10.9 Å². The zero-order chi connectivity index (χ0) is 15.9. The fraction of sp³-hybridized carbons (Fsp3) is 0.333. The summed E-state index contributed by atoms with van der Waals surface area (Å²) in [5, 5.41) is 1.39. The van der Waals surface area contributed by atoms with Gasteiger partial charge in [-0.2, -0.15) is 0 Å². The number of nitrogens with two attached hydrogens (primary N) is 1. The van der Waals surface area contributed by atoms with Crippen molar-refractivity contribution >= 4 is 23.2 Å². The number of hydrogen-bond donors (Lipinski definition) is 1. The van der Waals surface area contributed by atoms with Crippen molar-refractivity contribution in [3.8, 4) is 5.75 Å². The Labute approximate surface area is 142 Å². The summed E-state index contributed by atoms with van der Waals surface area (Å²) in [5.74, 6) is 0.985. The summed E-state index contributed by atoms with van der Waals surface area (Å²) in [4.78, 5) is 0. The van der Waals surface area contributed by atoms with E-state index in [0.29, 0.717) is 18.2 Å². The Bertz CT molecular complexity index is 599. The maximum absolute atomic E-state index is 6.28. The molecule has 4 heteroatoms. The smallest absolute Gasteiger partial charge is 0.137 e. The van der Waals surface area contributed by atoms with E-state index in [1.807, 2.05) is 36.4 Å². The largest absolute Gasteiger partial charge is 0.492 e. The minimum absolute atomic E-state index is 0.246. The van der Waals surface area contributed by atoms with E-state index < -0.39 is 0 Å². The standard InChI is InChI=1S/C18H21Cl2NO/c1-2-9-22-18-8-3-13(11-17(18)20)10-15(12-21)14-4-6-16(19)7-5-14/h3-8,11,15H,2,9-10,12,21H2,1H3. The second kappa shape index (κ2) is 8.42. The van der Waals surface area contributed by atoms with Crippen LogP contribution >= 0.6 is 23.2 Å². The van der Waals surface area contributed by atoms with Crippen molar-refractivity contribution in [3.05, 3.63) is 63.6 Å². The van der Waals surface area contributed by atoms with Gasteiger partial charge in [0.25, 0.3) is 0 Å². The molecule has 2 aromatic rings. The zero-order valence-electron chi connectivity index (χ0n) is 12.7. The summed E-state index contributed by atoms with van der Waals surface area (Å²) in [7, 11) is 0. The first-order chi connectivity index (χ1) is 10.6. The molecule has 2 nitrogen and oxygen atoms in total. The number of ether oxygens (including phenoxy) is 1. The highest BCUT2D eigenvalue weighted by atomic mass is 35.5. The average molecular weight is 338 g/mol. The van der Waals surface area contributed by atoms with E-state index in [2.05, 4.69) is 13.0 Å². The molecule has 2 rings (SSSR count). The van der Waals surface area contributed by atoms with Crippen molar-refractivity contribution < 1.29 is 4.74 Å². The van der Waals surface area contributed by atoms with Gasteiger partial charge in [-0.1, -0.05) is 48.3 Å². The summed E-state index contributed by atoms with van der Waals surface area (Å²) < 4.78 is 5.60. The summed E-state index contributed by atoms with van der Waals surface area (Å²) in [6.07, 6.45) is 1.80. The van der Waals surface area contributed by atoms with Crippen molar-refractivity contribution in [2.24, 2.45) is 5.73 Å². The number of benzene rings is 2. The Morgan fingerprint density at radius 1 is 1.09 bits per heavy atom. The minimum atomic E-state index is 0.246. The molecule has 0 aliphatic carbocycles. The van der Waals surface area contributed by atoms with Gasteiger partial charge in [-0.25, -0.2) is 0 Å². The maximum atomic E-state index is 6.28. The lowest BCUT2D eigenvalue weighted by Crippen LogP contribution is -2.15. The van der Waals surface area contributed by atoms with Crippen LogP contribution in [0.1, 0.15) is 30.4 Å². The molecule has 0 amide bonds. The molecule has 0 fully saturated rings. The van der Waals surface area contributed by atoms with Crippen LogP contribution in [0.25, 0.3) is 0 Å². The molecule has 22 heavy (non-hydrogen) atoms. The molecule has 0 radical (unpaired) electrons. The Morgan fingerprint density at radius 3 is 2.41 bits per heavy atom. The van der Waals surface area contributed by atoms with E-state index in [-0.39, 0.29) is 5.92 Å². The van der Waals surface area contributed by atoms with E-state index in [4.69, 9.17) is 33.7 Å². The predicted molar refractivity (Wildman–Crippen MR) is 94.2 cm³/mol. The quantitative estimate of drug-likeness (QED) is 0.765. The van der Waals surface area contributed by atoms with Crippen molar-refractivity contribution in [1.82, 2.24) is 0 Å². The third-order valence-electron chi connectivity index (χ3n) is 3.57. The Morgan fingerprint density at radius 2 is 1.82 bits per heavy atom. The first-order valence-electron chi connectivity index (χ1n) is 7.50. The van der Waals surface area contributed by atoms with Crippen LogP contribution in [0.5, 0.6) is 5.75 Å². The zero-order valence-corrected chi connectivity index (χ0v) is 14.2. The van der Waals surface area contributed by atoms with Gasteiger partial charge in [-0.3, -0.25) is 0 Å². The summed E-state index contributed by atoms with van der Waals surface area (Å²) in [5.41, 5.74) is 8.27. The molecule has 0 aliphatic rings. The first kappa shape index (κ1) is 17.1. The minimum Gasteiger partial charge on any atom is -0.492 e. The normalized spacial score (nSPS) is 12.2. The van der Waals surface area contributed by atoms with E-state index in [0.717, 1.165) is 29.2 Å². The molecule has 1 unspecified atom stereocenters. The van der Waals surface area contributed by atoms with Gasteiger partial charge in [0.15, 0.2) is 0 Å². The summed E-state index contributed by atoms with van der Waals surface area (Å²) in [6.45, 7) is 3.32. The molecule has 0 bridgehead atoms. The van der Waals surface area contributed by atoms with E-state index in [9.17, 15) is 0 Å². The Kier molecular flexibility index (Phi) is 6.56. The van der Waals surface area contributed by atoms with Crippen LogP contribution in [0.4, 0.5) is 0 Å². The Balaban J connectivity index is 2.10. The lowest BCUT2D eigenvalue weighted by molar-refractivity contribution is 0.317. The third kappa shape index (κ3) is 4.64. The molecule has 0 aromatic heterocycles. The summed E-state index contributed by atoms with van der Waals surface area (Å²) in [6, 6.07) is 13.8. The second-order valence-electron chi connectivity index (χ2n) is 5.30. The van der Waals surface area contributed by atoms with Crippen LogP contribution < -0.4 is 10.5 Å². The van der Waals surface area contributed by atoms with E-state index in [1.165, 1.54) is 5.56 Å². The van der Waals surface area contributed by atoms with Crippen molar-refractivity contribution in [2.75, 3.05) is 13.2 Å². The highest BCUT2D eigenvalue weighted by molar-refractivity contribution is 6.32. The second-order valence-corrected chi connectivity index (χ2v) is 6.15. The molecule has 1 atom stereocenters. The summed E-state index contributed by atoms with van der Waals surface area (Å²) >= 11 is 12.2. The van der Waals surface area contributed by atoms with Gasteiger partial charge in [0.2, 0.25) is 0 Å². The predicted octanol–water partition coefficient (Wildman–Crippen LogP) is 5.07. The number of halogens is 2. The van der Waals surface area contributed by atoms with Crippen molar-refractivity contribution in [2.45, 2.75) is 25.7 Å². The van der Waals surface area contributed by atoms with Gasteiger partial charge in [0.05, 0.1) is 11.6 Å². The lowest BCUT2D eigenvalue weighted by Gasteiger charge is -2.16. The van der Waals surface area contributed by atoms with Crippen LogP contribution in [-0.4, -0.2) is 13.2 Å². The van der Waals surface area contributed by atoms with Gasteiger partial charge >= 0.3 is 0 Å². The molecule has 0 heterocycles. The maximum Gasteiger partial charge on any atom is 0.137 e. The highest BCUT2D eigenvalue weighted by Gasteiger charge is 2.12. The monoisotopic (exact) mass is 337 g/mol. The molecule has 0 aliphatic heterocycles. The Hall–Kier alpha value is -1.22. The third-order valence-corrected chi connectivity index (χ3v) is 4.11. The van der Waals surface area contributed by atoms with Crippen LogP contribution in [0.2, 0.25) is 10.0 Å². The van der Waals surface area contributed by atoms with Gasteiger partial charge in [0.1, 0.15) is 5.75 Å². The topological polar surface area (TPSA) is 35.2 Å². The van der Waals surface area contributed by atoms with Crippen LogP contribution in [0.15, 0.2) is 42.5 Å². The molecule has 0 spiro atoms. The molecule has 118 valence electrons. The molecular formula is C18H21Cl2NO. The first-order valence-corrected chi connectivity index (χ1v) is 8.26. The molecule has 0 saturated carbocycles. The van der Waals surface area contributed by atoms with Crippen molar-refractivity contribution in [1.29, 1.82) is 0 Å². The number of rotatable bonds is 7. The molecule has 2 aromatic carbocycles. The SMILES string of the molecule is CCCOc1ccc(CC(CN)c2ccc(Cl)cc2)cc1Cl. The highest BCUT2D eigenvalue weighted by Crippen LogP contribution is 2.28. The average Bonchev–Trinajstić information content (AvgIpc) is 2.53. The van der Waals surface area contributed by atoms with E-state index >= 15 is 0 Å². The van der Waals surface area contributed by atoms with Gasteiger partial charge < -0.3 is 10.5 Å². The van der Waals surface area contributed by atoms with E-state index in [1.54, 1.807) is 0 Å². The fourth-order valence-corrected chi connectivity index (χ4v) is 2.74. The number of hydrogen-bond acceptors (Lipinski definition) is 2. The van der Waals surface area contributed by atoms with Crippen LogP contribution in [-0.2, 0) is 6.42 Å². The van der Waals surface area contributed by atoms with Gasteiger partial charge in [-0.05, 0) is 54.8 Å². The van der Waals surface area contributed by atoms with Crippen LogP contribution in [0, 0.1) is 0 Å². The lowest BCUT2D eigenvalue weighted by atomic mass is 9.92. The molecular weight excluding hydrogens is 317 g/mol.